The topological polar surface area (TPSA) is 46.9 Å². The van der Waals surface area contributed by atoms with Crippen LogP contribution in [0.3, 0.4) is 0 Å². The van der Waals surface area contributed by atoms with E-state index >= 15 is 0 Å². The predicted octanol–water partition coefficient (Wildman–Crippen LogP) is 2.93. The SMILES string of the molecule is O=C(CCn1cccc1)Nc1ccc(C(F)(F)F)cn1. The van der Waals surface area contributed by atoms with Gasteiger partial charge >= 0.3 is 6.18 Å². The maximum atomic E-state index is 12.3. The molecule has 0 saturated heterocycles. The van der Waals surface area contributed by atoms with Crippen LogP contribution in [0.2, 0.25) is 0 Å². The van der Waals surface area contributed by atoms with Crippen molar-refractivity contribution in [3.63, 3.8) is 0 Å². The van der Waals surface area contributed by atoms with Crippen molar-refractivity contribution in [3.8, 4) is 0 Å². The summed E-state index contributed by atoms with van der Waals surface area (Å²) in [5, 5.41) is 2.45. The predicted molar refractivity (Wildman–Crippen MR) is 66.9 cm³/mol. The third kappa shape index (κ3) is 3.84. The highest BCUT2D eigenvalue weighted by Crippen LogP contribution is 2.28. The van der Waals surface area contributed by atoms with Gasteiger partial charge in [0.2, 0.25) is 5.91 Å². The minimum absolute atomic E-state index is 0.107. The van der Waals surface area contributed by atoms with Gasteiger partial charge in [-0.2, -0.15) is 13.2 Å². The molecule has 4 nitrogen and oxygen atoms in total. The summed E-state index contributed by atoms with van der Waals surface area (Å²) in [5.41, 5.74) is -0.845. The number of nitrogens with one attached hydrogen (secondary N) is 1. The number of carbonyl (C=O) groups is 1. The van der Waals surface area contributed by atoms with Gasteiger partial charge in [0.1, 0.15) is 5.82 Å². The molecule has 0 aliphatic heterocycles. The molecule has 0 saturated carbocycles. The van der Waals surface area contributed by atoms with Gasteiger partial charge in [0.05, 0.1) is 5.56 Å². The van der Waals surface area contributed by atoms with Gasteiger partial charge in [-0.25, -0.2) is 4.98 Å². The van der Waals surface area contributed by atoms with Crippen LogP contribution in [0.1, 0.15) is 12.0 Å². The average Bonchev–Trinajstić information content (AvgIpc) is 2.89. The van der Waals surface area contributed by atoms with Crippen molar-refractivity contribution >= 4 is 11.7 Å². The first-order chi connectivity index (χ1) is 9.45. The summed E-state index contributed by atoms with van der Waals surface area (Å²) < 4.78 is 38.8. The number of aromatic nitrogens is 2. The Bertz CT molecular complexity index is 562. The zero-order chi connectivity index (χ0) is 14.6. The van der Waals surface area contributed by atoms with E-state index in [1.165, 1.54) is 0 Å². The van der Waals surface area contributed by atoms with Crippen LogP contribution in [0.25, 0.3) is 0 Å². The van der Waals surface area contributed by atoms with Gasteiger partial charge in [-0.15, -0.1) is 0 Å². The molecule has 0 unspecified atom stereocenters. The lowest BCUT2D eigenvalue weighted by atomic mass is 10.3. The van der Waals surface area contributed by atoms with Gasteiger partial charge in [0.25, 0.3) is 0 Å². The largest absolute Gasteiger partial charge is 0.417 e. The number of carbonyl (C=O) groups excluding carboxylic acids is 1. The fraction of sp³-hybridized carbons (Fsp3) is 0.231. The van der Waals surface area contributed by atoms with Crippen LogP contribution in [0.15, 0.2) is 42.9 Å². The van der Waals surface area contributed by atoms with Crippen LogP contribution in [0.4, 0.5) is 19.0 Å². The van der Waals surface area contributed by atoms with E-state index in [9.17, 15) is 18.0 Å². The lowest BCUT2D eigenvalue weighted by Gasteiger charge is -2.08. The average molecular weight is 283 g/mol. The molecule has 106 valence electrons. The van der Waals surface area contributed by atoms with E-state index in [1.54, 1.807) is 0 Å². The van der Waals surface area contributed by atoms with Crippen molar-refractivity contribution in [1.82, 2.24) is 9.55 Å². The number of hydrogen-bond donors (Lipinski definition) is 1. The second-order valence-corrected chi connectivity index (χ2v) is 4.15. The van der Waals surface area contributed by atoms with Crippen molar-refractivity contribution in [2.75, 3.05) is 5.32 Å². The molecule has 0 aliphatic rings. The van der Waals surface area contributed by atoms with Crippen LogP contribution in [-0.2, 0) is 17.5 Å². The van der Waals surface area contributed by atoms with E-state index in [-0.39, 0.29) is 18.1 Å². The smallest absolute Gasteiger partial charge is 0.354 e. The Hall–Kier alpha value is -2.31. The summed E-state index contributed by atoms with van der Waals surface area (Å²) in [6.07, 6.45) is 0.135. The van der Waals surface area contributed by atoms with Crippen molar-refractivity contribution in [3.05, 3.63) is 48.4 Å². The quantitative estimate of drug-likeness (QED) is 0.937. The van der Waals surface area contributed by atoms with Crippen molar-refractivity contribution in [2.45, 2.75) is 19.1 Å². The van der Waals surface area contributed by atoms with E-state index < -0.39 is 11.7 Å². The standard InChI is InChI=1S/C13H12F3N3O/c14-13(15,16)10-3-4-11(17-9-10)18-12(20)5-8-19-6-1-2-7-19/h1-4,6-7,9H,5,8H2,(H,17,18,20). The molecule has 0 bridgehead atoms. The summed E-state index contributed by atoms with van der Waals surface area (Å²) >= 11 is 0. The molecule has 20 heavy (non-hydrogen) atoms. The Labute approximate surface area is 113 Å². The second-order valence-electron chi connectivity index (χ2n) is 4.15. The minimum atomic E-state index is -4.43. The number of hydrogen-bond acceptors (Lipinski definition) is 2. The number of pyridine rings is 1. The van der Waals surface area contributed by atoms with Crippen molar-refractivity contribution < 1.29 is 18.0 Å². The van der Waals surface area contributed by atoms with Crippen molar-refractivity contribution in [2.24, 2.45) is 0 Å². The van der Waals surface area contributed by atoms with Crippen molar-refractivity contribution in [1.29, 1.82) is 0 Å². The molecule has 7 heteroatoms. The maximum absolute atomic E-state index is 12.3. The first-order valence-corrected chi connectivity index (χ1v) is 5.89. The third-order valence-electron chi connectivity index (χ3n) is 2.62. The Kier molecular flexibility index (Phi) is 4.07. The number of aryl methyl sites for hydroxylation is 1. The molecule has 2 aromatic heterocycles. The number of amides is 1. The van der Waals surface area contributed by atoms with Gasteiger partial charge in [-0.05, 0) is 24.3 Å². The molecule has 1 amide bonds. The molecule has 0 aromatic carbocycles. The summed E-state index contributed by atoms with van der Waals surface area (Å²) in [5.74, 6) is -0.193. The fourth-order valence-corrected chi connectivity index (χ4v) is 1.59. The first kappa shape index (κ1) is 14.1. The number of alkyl halides is 3. The van der Waals surface area contributed by atoms with Gasteiger partial charge in [0, 0.05) is 31.6 Å². The number of rotatable bonds is 4. The zero-order valence-electron chi connectivity index (χ0n) is 10.4. The molecule has 2 rings (SSSR count). The highest BCUT2D eigenvalue weighted by molar-refractivity contribution is 5.89. The summed E-state index contributed by atoms with van der Waals surface area (Å²) in [6, 6.07) is 5.70. The van der Waals surface area contributed by atoms with E-state index in [1.807, 2.05) is 29.1 Å². The van der Waals surface area contributed by atoms with Gasteiger partial charge in [-0.3, -0.25) is 4.79 Å². The summed E-state index contributed by atoms with van der Waals surface area (Å²) in [6.45, 7) is 0.499. The van der Waals surface area contributed by atoms with Crippen LogP contribution in [-0.4, -0.2) is 15.5 Å². The molecular weight excluding hydrogens is 271 g/mol. The Morgan fingerprint density at radius 2 is 1.95 bits per heavy atom. The molecule has 0 aliphatic carbocycles. The normalized spacial score (nSPS) is 11.3. The summed E-state index contributed by atoms with van der Waals surface area (Å²) in [7, 11) is 0. The van der Waals surface area contributed by atoms with Gasteiger partial charge in [0.15, 0.2) is 0 Å². The Balaban J connectivity index is 1.88. The maximum Gasteiger partial charge on any atom is 0.417 e. The minimum Gasteiger partial charge on any atom is -0.354 e. The fourth-order valence-electron chi connectivity index (χ4n) is 1.59. The van der Waals surface area contributed by atoms with Crippen LogP contribution < -0.4 is 5.32 Å². The first-order valence-electron chi connectivity index (χ1n) is 5.89. The lowest BCUT2D eigenvalue weighted by molar-refractivity contribution is -0.137. The Morgan fingerprint density at radius 1 is 1.25 bits per heavy atom. The van der Waals surface area contributed by atoms with Crippen LogP contribution >= 0.6 is 0 Å². The Morgan fingerprint density at radius 3 is 2.50 bits per heavy atom. The van der Waals surface area contributed by atoms with Gasteiger partial charge < -0.3 is 9.88 Å². The molecule has 1 N–H and O–H groups in total. The van der Waals surface area contributed by atoms with E-state index in [2.05, 4.69) is 10.3 Å². The number of halogens is 3. The van der Waals surface area contributed by atoms with Crippen LogP contribution in [0.5, 0.6) is 0 Å². The monoisotopic (exact) mass is 283 g/mol. The van der Waals surface area contributed by atoms with Crippen LogP contribution in [0, 0.1) is 0 Å². The summed E-state index contributed by atoms with van der Waals surface area (Å²) in [4.78, 5) is 15.2. The van der Waals surface area contributed by atoms with Gasteiger partial charge in [-0.1, -0.05) is 0 Å². The zero-order valence-corrected chi connectivity index (χ0v) is 10.4. The molecule has 0 atom stereocenters. The molecular formula is C13H12F3N3O. The highest BCUT2D eigenvalue weighted by atomic mass is 19.4. The highest BCUT2D eigenvalue weighted by Gasteiger charge is 2.30. The lowest BCUT2D eigenvalue weighted by Crippen LogP contribution is -2.15. The number of anilines is 1. The van der Waals surface area contributed by atoms with E-state index in [0.717, 1.165) is 12.1 Å². The van der Waals surface area contributed by atoms with E-state index in [0.29, 0.717) is 12.7 Å². The molecule has 0 spiro atoms. The second kappa shape index (κ2) is 5.77. The number of nitrogens with zero attached hydrogens (tertiary/aromatic N) is 2. The third-order valence-corrected chi connectivity index (χ3v) is 2.62. The molecule has 0 fully saturated rings. The molecule has 2 aromatic rings. The van der Waals surface area contributed by atoms with E-state index in [4.69, 9.17) is 0 Å². The molecule has 0 radical (unpaired) electrons. The molecule has 2 heterocycles.